The molecule has 3 heterocycles. The Hall–Kier alpha value is -4.40. The topological polar surface area (TPSA) is 96.8 Å². The maximum atomic E-state index is 14.7. The van der Waals surface area contributed by atoms with Crippen LogP contribution >= 0.6 is 0 Å². The summed E-state index contributed by atoms with van der Waals surface area (Å²) >= 11 is 0. The first-order chi connectivity index (χ1) is 16.5. The first-order valence-corrected chi connectivity index (χ1v) is 11.0. The fourth-order valence-corrected chi connectivity index (χ4v) is 4.00. The van der Waals surface area contributed by atoms with Crippen molar-refractivity contribution < 1.29 is 19.1 Å². The zero-order valence-electron chi connectivity index (χ0n) is 18.0. The van der Waals surface area contributed by atoms with E-state index in [4.69, 9.17) is 0 Å². The summed E-state index contributed by atoms with van der Waals surface area (Å²) in [5.74, 6) is -0.971. The number of aromatic nitrogens is 5. The number of carbonyl (C=O) groups is 1. The third-order valence-corrected chi connectivity index (χ3v) is 5.96. The molecule has 3 aromatic heterocycles. The van der Waals surface area contributed by atoms with Crippen LogP contribution in [-0.2, 0) is 6.54 Å². The Morgan fingerprint density at radius 3 is 2.85 bits per heavy atom. The molecule has 1 aliphatic carbocycles. The second-order valence-corrected chi connectivity index (χ2v) is 8.47. The van der Waals surface area contributed by atoms with E-state index < -0.39 is 5.82 Å². The van der Waals surface area contributed by atoms with Crippen molar-refractivity contribution in [3.05, 3.63) is 83.8 Å². The molecule has 0 atom stereocenters. The summed E-state index contributed by atoms with van der Waals surface area (Å²) in [6.07, 6.45) is 3.46. The molecule has 0 saturated heterocycles. The zero-order chi connectivity index (χ0) is 23.2. The number of halogens is 1. The van der Waals surface area contributed by atoms with Gasteiger partial charge in [0.1, 0.15) is 11.3 Å². The van der Waals surface area contributed by atoms with Gasteiger partial charge < -0.3 is 5.32 Å². The van der Waals surface area contributed by atoms with Gasteiger partial charge in [-0.2, -0.15) is 0 Å². The van der Waals surface area contributed by atoms with Crippen molar-refractivity contribution in [1.29, 1.82) is 0 Å². The summed E-state index contributed by atoms with van der Waals surface area (Å²) in [6.45, 7) is 0.428. The molecule has 5 aromatic rings. The fraction of sp³-hybridized carbons (Fsp3) is 0.160. The van der Waals surface area contributed by atoms with Crippen LogP contribution in [0.4, 0.5) is 4.39 Å². The minimum absolute atomic E-state index is 0.0314. The minimum atomic E-state index is -0.582. The SMILES string of the molecule is O=C(NC1CC1)c1ccc(-c2ccc3nnn(Cc4ccc5c(ccc[n+]5O)c4)c3n2)cc1F. The van der Waals surface area contributed by atoms with Gasteiger partial charge in [-0.1, -0.05) is 17.3 Å². The zero-order valence-corrected chi connectivity index (χ0v) is 18.0. The van der Waals surface area contributed by atoms with Crippen molar-refractivity contribution in [2.45, 2.75) is 25.4 Å². The van der Waals surface area contributed by atoms with E-state index in [0.29, 0.717) is 34.5 Å². The number of amides is 1. The molecule has 1 amide bonds. The number of nitrogens with zero attached hydrogens (tertiary/aromatic N) is 5. The molecule has 8 nitrogen and oxygen atoms in total. The Labute approximate surface area is 193 Å². The molecule has 0 radical (unpaired) electrons. The van der Waals surface area contributed by atoms with Crippen molar-refractivity contribution in [3.63, 3.8) is 0 Å². The Morgan fingerprint density at radius 2 is 2.03 bits per heavy atom. The number of pyridine rings is 2. The van der Waals surface area contributed by atoms with E-state index in [1.807, 2.05) is 24.3 Å². The Bertz CT molecular complexity index is 1580. The van der Waals surface area contributed by atoms with Crippen LogP contribution in [0.3, 0.4) is 0 Å². The molecule has 168 valence electrons. The van der Waals surface area contributed by atoms with Gasteiger partial charge in [-0.15, -0.1) is 5.10 Å². The number of fused-ring (bicyclic) bond motifs is 2. The summed E-state index contributed by atoms with van der Waals surface area (Å²) in [5, 5.41) is 22.1. The molecule has 0 unspecified atom stereocenters. The number of hydrogen-bond donors (Lipinski definition) is 2. The summed E-state index contributed by atoms with van der Waals surface area (Å²) in [4.78, 5) is 16.9. The van der Waals surface area contributed by atoms with E-state index in [-0.39, 0.29) is 17.5 Å². The molecule has 1 saturated carbocycles. The largest absolute Gasteiger partial charge is 0.349 e. The fourth-order valence-electron chi connectivity index (χ4n) is 4.00. The van der Waals surface area contributed by atoms with Crippen LogP contribution in [-0.4, -0.2) is 37.1 Å². The van der Waals surface area contributed by atoms with Crippen LogP contribution in [0, 0.1) is 5.82 Å². The van der Waals surface area contributed by atoms with Crippen LogP contribution in [0.2, 0.25) is 0 Å². The van der Waals surface area contributed by atoms with Crippen LogP contribution < -0.4 is 10.0 Å². The molecule has 2 N–H and O–H groups in total. The number of hydrogen-bond acceptors (Lipinski definition) is 5. The van der Waals surface area contributed by atoms with Gasteiger partial charge in [-0.3, -0.25) is 10.0 Å². The lowest BCUT2D eigenvalue weighted by Gasteiger charge is -2.07. The molecule has 9 heteroatoms. The maximum Gasteiger partial charge on any atom is 0.264 e. The highest BCUT2D eigenvalue weighted by molar-refractivity contribution is 5.95. The van der Waals surface area contributed by atoms with Crippen molar-refractivity contribution in [2.75, 3.05) is 0 Å². The average Bonchev–Trinajstić information content (AvgIpc) is 3.57. The van der Waals surface area contributed by atoms with E-state index in [0.717, 1.165) is 28.5 Å². The van der Waals surface area contributed by atoms with Gasteiger partial charge in [0, 0.05) is 28.5 Å². The van der Waals surface area contributed by atoms with Gasteiger partial charge in [0.2, 0.25) is 6.20 Å². The standard InChI is InChI=1S/C25H19FN6O2/c26-20-13-16(4-7-19(20)25(33)27-18-5-6-18)21-8-9-22-24(28-21)31(30-29-22)14-15-3-10-23-17(12-15)2-1-11-32(23)34/h1-4,7-13,18H,5-6,14H2,(H-,27,33,34)/p+1. The number of benzene rings is 2. The van der Waals surface area contributed by atoms with Gasteiger partial charge in [0.05, 0.1) is 23.2 Å². The highest BCUT2D eigenvalue weighted by atomic mass is 19.1. The second-order valence-electron chi connectivity index (χ2n) is 8.47. The Balaban J connectivity index is 1.31. The van der Waals surface area contributed by atoms with Gasteiger partial charge in [-0.05, 0) is 54.8 Å². The molecular weight excluding hydrogens is 435 g/mol. The summed E-state index contributed by atoms with van der Waals surface area (Å²) in [7, 11) is 0. The van der Waals surface area contributed by atoms with Gasteiger partial charge in [-0.25, -0.2) is 14.1 Å². The molecule has 34 heavy (non-hydrogen) atoms. The van der Waals surface area contributed by atoms with Crippen LogP contribution in [0.5, 0.6) is 0 Å². The monoisotopic (exact) mass is 455 g/mol. The number of nitrogens with one attached hydrogen (secondary N) is 1. The maximum absolute atomic E-state index is 14.7. The first kappa shape index (κ1) is 20.2. The molecule has 2 aromatic carbocycles. The summed E-state index contributed by atoms with van der Waals surface area (Å²) < 4.78 is 17.5. The lowest BCUT2D eigenvalue weighted by molar-refractivity contribution is -0.884. The van der Waals surface area contributed by atoms with E-state index in [1.54, 1.807) is 35.1 Å². The molecule has 0 spiro atoms. The molecular formula is C25H20FN6O2+. The van der Waals surface area contributed by atoms with Gasteiger partial charge >= 0.3 is 0 Å². The van der Waals surface area contributed by atoms with Crippen molar-refractivity contribution >= 4 is 28.0 Å². The number of rotatable bonds is 5. The summed E-state index contributed by atoms with van der Waals surface area (Å²) in [5.41, 5.74) is 4.01. The van der Waals surface area contributed by atoms with Crippen LogP contribution in [0.25, 0.3) is 33.3 Å². The lowest BCUT2D eigenvalue weighted by atomic mass is 10.1. The first-order valence-electron chi connectivity index (χ1n) is 11.0. The molecule has 6 rings (SSSR count). The normalized spacial score (nSPS) is 13.4. The highest BCUT2D eigenvalue weighted by Crippen LogP contribution is 2.24. The predicted molar refractivity (Wildman–Crippen MR) is 122 cm³/mol. The quantitative estimate of drug-likeness (QED) is 0.313. The van der Waals surface area contributed by atoms with E-state index in [2.05, 4.69) is 20.6 Å². The van der Waals surface area contributed by atoms with Crippen molar-refractivity contribution in [3.8, 4) is 11.3 Å². The smallest absolute Gasteiger partial charge is 0.264 e. The van der Waals surface area contributed by atoms with Crippen LogP contribution in [0.15, 0.2) is 66.9 Å². The lowest BCUT2D eigenvalue weighted by Crippen LogP contribution is -2.29. The van der Waals surface area contributed by atoms with Gasteiger partial charge in [0.25, 0.3) is 11.4 Å². The van der Waals surface area contributed by atoms with E-state index in [9.17, 15) is 14.4 Å². The number of carbonyl (C=O) groups excluding carboxylic acids is 1. The Kier molecular flexibility index (Phi) is 4.68. The van der Waals surface area contributed by atoms with Gasteiger partial charge in [0.15, 0.2) is 5.65 Å². The van der Waals surface area contributed by atoms with Crippen LogP contribution in [0.1, 0.15) is 28.8 Å². The van der Waals surface area contributed by atoms with E-state index in [1.165, 1.54) is 12.1 Å². The molecule has 0 aliphatic heterocycles. The highest BCUT2D eigenvalue weighted by Gasteiger charge is 2.25. The molecule has 1 fully saturated rings. The third-order valence-electron chi connectivity index (χ3n) is 5.96. The van der Waals surface area contributed by atoms with Crippen molar-refractivity contribution in [1.82, 2.24) is 25.3 Å². The second kappa shape index (κ2) is 7.87. The Morgan fingerprint density at radius 1 is 1.15 bits per heavy atom. The average molecular weight is 455 g/mol. The van der Waals surface area contributed by atoms with E-state index >= 15 is 0 Å². The third kappa shape index (κ3) is 3.71. The predicted octanol–water partition coefficient (Wildman–Crippen LogP) is 3.25. The summed E-state index contributed by atoms with van der Waals surface area (Å²) in [6, 6.07) is 17.6. The van der Waals surface area contributed by atoms with Crippen molar-refractivity contribution in [2.24, 2.45) is 0 Å². The molecule has 0 bridgehead atoms. The minimum Gasteiger partial charge on any atom is -0.349 e. The molecule has 1 aliphatic rings.